The smallest absolute Gasteiger partial charge is 0.258 e. The van der Waals surface area contributed by atoms with Crippen LogP contribution in [0.4, 0.5) is 20.2 Å². The summed E-state index contributed by atoms with van der Waals surface area (Å²) in [5, 5.41) is 10.7. The van der Waals surface area contributed by atoms with Crippen LogP contribution in [0.5, 0.6) is 5.75 Å². The first-order chi connectivity index (χ1) is 17.3. The molecule has 2 aromatic carbocycles. The zero-order valence-corrected chi connectivity index (χ0v) is 20.7. The summed E-state index contributed by atoms with van der Waals surface area (Å²) in [5.74, 6) is -2.47. The van der Waals surface area contributed by atoms with Crippen molar-refractivity contribution < 1.29 is 26.7 Å². The maximum atomic E-state index is 14.5. The van der Waals surface area contributed by atoms with Gasteiger partial charge < -0.3 is 10.1 Å². The van der Waals surface area contributed by atoms with E-state index in [1.807, 2.05) is 24.3 Å². The average Bonchev–Trinajstić information content (AvgIpc) is 2.87. The van der Waals surface area contributed by atoms with E-state index in [1.165, 1.54) is 12.1 Å². The van der Waals surface area contributed by atoms with E-state index < -0.39 is 45.4 Å². The number of thiol groups is 1. The molecule has 0 unspecified atom stereocenters. The molecule has 36 heavy (non-hydrogen) atoms. The second-order valence-electron chi connectivity index (χ2n) is 7.51. The highest BCUT2D eigenvalue weighted by Gasteiger charge is 2.22. The van der Waals surface area contributed by atoms with Gasteiger partial charge in [-0.2, -0.15) is 5.26 Å². The number of halogens is 3. The molecule has 0 spiro atoms. The third kappa shape index (κ3) is 6.27. The lowest BCUT2D eigenvalue weighted by Crippen LogP contribution is -2.24. The number of amides is 1. The van der Waals surface area contributed by atoms with Gasteiger partial charge in [-0.25, -0.2) is 22.2 Å². The van der Waals surface area contributed by atoms with Crippen molar-refractivity contribution in [3.05, 3.63) is 82.1 Å². The van der Waals surface area contributed by atoms with Crippen LogP contribution in [0.3, 0.4) is 0 Å². The van der Waals surface area contributed by atoms with Gasteiger partial charge in [0.15, 0.2) is 11.5 Å². The molecule has 1 N–H and O–H groups in total. The minimum atomic E-state index is -3.14. The maximum Gasteiger partial charge on any atom is 0.258 e. The average molecular weight is 535 g/mol. The standard InChI is InChI=1S/C24H21ClF2N4O4S/c1-35-16-7-5-15(6-8-16)4-2-3-13-31(36(33)34)20-10-9-18(26)23(21(20)25)30-24(32)17-11-12-29-19(14-28)22(17)27/h5-12,36H,2-4,13H2,1H3,(H,30,32). The molecule has 0 radical (unpaired) electrons. The van der Waals surface area contributed by atoms with Crippen molar-refractivity contribution in [2.45, 2.75) is 19.3 Å². The lowest BCUT2D eigenvalue weighted by molar-refractivity contribution is 0.102. The van der Waals surface area contributed by atoms with Crippen LogP contribution in [0.2, 0.25) is 5.02 Å². The van der Waals surface area contributed by atoms with E-state index in [-0.39, 0.29) is 17.3 Å². The van der Waals surface area contributed by atoms with Gasteiger partial charge in [-0.1, -0.05) is 23.7 Å². The predicted octanol–water partition coefficient (Wildman–Crippen LogP) is 4.50. The first-order valence-corrected chi connectivity index (χ1v) is 12.2. The summed E-state index contributed by atoms with van der Waals surface area (Å²) in [6, 6.07) is 12.2. The van der Waals surface area contributed by atoms with Crippen LogP contribution >= 0.6 is 11.6 Å². The molecule has 0 aliphatic heterocycles. The molecule has 1 heterocycles. The SMILES string of the molecule is COc1ccc(CCCCN(c2ccc(F)c(NC(=O)c3ccnc(C#N)c3F)c2Cl)[SH](=O)=O)cc1. The van der Waals surface area contributed by atoms with Gasteiger partial charge in [-0.15, -0.1) is 0 Å². The van der Waals surface area contributed by atoms with Crippen LogP contribution < -0.4 is 14.4 Å². The molecular weight excluding hydrogens is 514 g/mol. The number of hydrogen-bond donors (Lipinski definition) is 2. The number of pyridine rings is 1. The van der Waals surface area contributed by atoms with Gasteiger partial charge in [0.2, 0.25) is 10.9 Å². The Morgan fingerprint density at radius 3 is 2.53 bits per heavy atom. The predicted molar refractivity (Wildman–Crippen MR) is 132 cm³/mol. The molecule has 0 atom stereocenters. The third-order valence-corrected chi connectivity index (χ3v) is 6.46. The Kier molecular flexibility index (Phi) is 9.16. The van der Waals surface area contributed by atoms with Crippen molar-refractivity contribution in [3.8, 4) is 11.8 Å². The Bertz CT molecular complexity index is 1370. The number of aryl methyl sites for hydroxylation is 1. The molecule has 0 fully saturated rings. The number of aromatic nitrogens is 1. The Labute approximate surface area is 213 Å². The lowest BCUT2D eigenvalue weighted by Gasteiger charge is -2.21. The summed E-state index contributed by atoms with van der Waals surface area (Å²) < 4.78 is 58.9. The van der Waals surface area contributed by atoms with E-state index in [0.29, 0.717) is 19.3 Å². The third-order valence-electron chi connectivity index (χ3n) is 5.27. The van der Waals surface area contributed by atoms with E-state index in [1.54, 1.807) is 7.11 Å². The zero-order chi connectivity index (χ0) is 26.2. The van der Waals surface area contributed by atoms with Crippen molar-refractivity contribution in [3.63, 3.8) is 0 Å². The van der Waals surface area contributed by atoms with Crippen LogP contribution in [-0.2, 0) is 17.3 Å². The van der Waals surface area contributed by atoms with Crippen molar-refractivity contribution in [2.24, 2.45) is 0 Å². The lowest BCUT2D eigenvalue weighted by atomic mass is 10.1. The molecule has 0 bridgehead atoms. The molecule has 0 saturated carbocycles. The van der Waals surface area contributed by atoms with E-state index in [0.717, 1.165) is 33.9 Å². The molecule has 1 amide bonds. The summed E-state index contributed by atoms with van der Waals surface area (Å²) in [6.07, 6.45) is 2.90. The number of carbonyl (C=O) groups is 1. The number of ether oxygens (including phenoxy) is 1. The summed E-state index contributed by atoms with van der Waals surface area (Å²) in [4.78, 5) is 16.1. The Morgan fingerprint density at radius 2 is 1.89 bits per heavy atom. The highest BCUT2D eigenvalue weighted by molar-refractivity contribution is 7.74. The van der Waals surface area contributed by atoms with Crippen molar-refractivity contribution in [1.82, 2.24) is 4.98 Å². The Morgan fingerprint density at radius 1 is 1.17 bits per heavy atom. The first-order valence-electron chi connectivity index (χ1n) is 10.7. The number of carbonyl (C=O) groups excluding carboxylic acids is 1. The minimum absolute atomic E-state index is 0.0400. The summed E-state index contributed by atoms with van der Waals surface area (Å²) >= 11 is 6.29. The normalized spacial score (nSPS) is 10.7. The molecular formula is C24H21ClF2N4O4S. The largest absolute Gasteiger partial charge is 0.497 e. The molecule has 3 rings (SSSR count). The molecule has 3 aromatic rings. The quantitative estimate of drug-likeness (QED) is 0.292. The van der Waals surface area contributed by atoms with E-state index in [9.17, 15) is 22.0 Å². The van der Waals surface area contributed by atoms with Gasteiger partial charge in [0, 0.05) is 12.7 Å². The first kappa shape index (κ1) is 26.8. The van der Waals surface area contributed by atoms with Gasteiger partial charge in [0.25, 0.3) is 5.91 Å². The maximum absolute atomic E-state index is 14.5. The number of hydrogen-bond acceptors (Lipinski definition) is 6. The zero-order valence-electron chi connectivity index (χ0n) is 19.0. The number of nitrogens with zero attached hydrogens (tertiary/aromatic N) is 3. The molecule has 0 saturated heterocycles. The molecule has 8 nitrogen and oxygen atoms in total. The van der Waals surface area contributed by atoms with Gasteiger partial charge in [-0.3, -0.25) is 9.10 Å². The monoisotopic (exact) mass is 534 g/mol. The number of rotatable bonds is 10. The van der Waals surface area contributed by atoms with Crippen molar-refractivity contribution in [2.75, 3.05) is 23.3 Å². The van der Waals surface area contributed by atoms with Gasteiger partial charge >= 0.3 is 0 Å². The van der Waals surface area contributed by atoms with Crippen molar-refractivity contribution in [1.29, 1.82) is 5.26 Å². The number of nitrogens with one attached hydrogen (secondary N) is 1. The fraction of sp³-hybridized carbons (Fsp3) is 0.208. The summed E-state index contributed by atoms with van der Waals surface area (Å²) in [7, 11) is -1.56. The molecule has 0 aliphatic rings. The second kappa shape index (κ2) is 12.3. The Balaban J connectivity index is 1.75. The second-order valence-corrected chi connectivity index (χ2v) is 8.85. The topological polar surface area (TPSA) is 112 Å². The van der Waals surface area contributed by atoms with Crippen molar-refractivity contribution >= 4 is 39.8 Å². The van der Waals surface area contributed by atoms with Crippen LogP contribution in [-0.4, -0.2) is 33.0 Å². The van der Waals surface area contributed by atoms with Crippen LogP contribution in [0.25, 0.3) is 0 Å². The van der Waals surface area contributed by atoms with Crippen LogP contribution in [0, 0.1) is 23.0 Å². The van der Waals surface area contributed by atoms with E-state index >= 15 is 0 Å². The Hall–Kier alpha value is -3.75. The molecule has 1 aromatic heterocycles. The number of unbranched alkanes of at least 4 members (excludes halogenated alkanes) is 1. The summed E-state index contributed by atoms with van der Waals surface area (Å²) in [6.45, 7) is 0.0676. The highest BCUT2D eigenvalue weighted by atomic mass is 35.5. The van der Waals surface area contributed by atoms with Crippen LogP contribution in [0.1, 0.15) is 34.5 Å². The molecule has 0 aliphatic carbocycles. The highest BCUT2D eigenvalue weighted by Crippen LogP contribution is 2.36. The van der Waals surface area contributed by atoms with E-state index in [2.05, 4.69) is 10.3 Å². The number of nitriles is 1. The fourth-order valence-corrected chi connectivity index (χ4v) is 4.42. The number of methoxy groups -OCH3 is 1. The molecule has 12 heteroatoms. The van der Waals surface area contributed by atoms with Gasteiger partial charge in [0.1, 0.15) is 17.6 Å². The van der Waals surface area contributed by atoms with Crippen LogP contribution in [0.15, 0.2) is 48.7 Å². The minimum Gasteiger partial charge on any atom is -0.497 e. The number of benzene rings is 2. The number of anilines is 2. The molecule has 188 valence electrons. The fourth-order valence-electron chi connectivity index (χ4n) is 3.41. The van der Waals surface area contributed by atoms with E-state index in [4.69, 9.17) is 21.6 Å². The van der Waals surface area contributed by atoms with Gasteiger partial charge in [0.05, 0.1) is 29.1 Å². The van der Waals surface area contributed by atoms with Gasteiger partial charge in [-0.05, 0) is 55.2 Å². The summed E-state index contributed by atoms with van der Waals surface area (Å²) in [5.41, 5.74) is -0.655.